The van der Waals surface area contributed by atoms with Gasteiger partial charge in [-0.15, -0.1) is 23.1 Å². The smallest absolute Gasteiger partial charge is 0.352 e. The van der Waals surface area contributed by atoms with E-state index in [0.29, 0.717) is 24.1 Å². The first-order valence-electron chi connectivity index (χ1n) is 17.4. The monoisotopic (exact) mass is 791 g/mol. The summed E-state index contributed by atoms with van der Waals surface area (Å²) >= 11 is 2.40. The molecule has 4 amide bonds. The number of nitrogens with two attached hydrogens (primary N) is 1. The summed E-state index contributed by atoms with van der Waals surface area (Å²) < 4.78 is 15.2. The third kappa shape index (κ3) is 8.16. The van der Waals surface area contributed by atoms with E-state index in [1.165, 1.54) is 17.8 Å². The summed E-state index contributed by atoms with van der Waals surface area (Å²) in [6.07, 6.45) is 8.75. The maximum Gasteiger partial charge on any atom is 0.352 e. The van der Waals surface area contributed by atoms with E-state index >= 15 is 0 Å². The first kappa shape index (κ1) is 37.5. The zero-order chi connectivity index (χ0) is 38.8. The number of nitrogen functional groups attached to an aromatic ring is 1. The van der Waals surface area contributed by atoms with E-state index in [2.05, 4.69) is 20.8 Å². The maximum absolute atomic E-state index is 13.6. The molecule has 3 aliphatic heterocycles. The third-order valence-electron chi connectivity index (χ3n) is 9.51. The Kier molecular flexibility index (Phi) is 10.8. The number of β-lactam (4-membered cyclic amide) rings is 1. The molecule has 16 nitrogen and oxygen atoms in total. The van der Waals surface area contributed by atoms with Gasteiger partial charge in [-0.05, 0) is 61.4 Å². The molecule has 2 aromatic heterocycles. The number of hydrogen-bond donors (Lipinski definition) is 5. The van der Waals surface area contributed by atoms with Crippen molar-refractivity contribution in [1.29, 1.82) is 0 Å². The predicted octanol–water partition coefficient (Wildman–Crippen LogP) is 2.26. The van der Waals surface area contributed by atoms with E-state index in [4.69, 9.17) is 10.6 Å². The number of aliphatic carboxylic acids is 1. The number of oxime groups is 1. The van der Waals surface area contributed by atoms with Gasteiger partial charge < -0.3 is 36.3 Å². The molecule has 0 bridgehead atoms. The van der Waals surface area contributed by atoms with Gasteiger partial charge in [0.05, 0.1) is 0 Å². The number of thioether (sulfide) groups is 1. The van der Waals surface area contributed by atoms with Crippen molar-refractivity contribution in [2.24, 2.45) is 5.16 Å². The van der Waals surface area contributed by atoms with Crippen LogP contribution in [0.15, 0.2) is 76.2 Å². The second kappa shape index (κ2) is 15.9. The number of benzene rings is 1. The Labute approximate surface area is 321 Å². The molecule has 0 radical (unpaired) electrons. The zero-order valence-corrected chi connectivity index (χ0v) is 30.8. The van der Waals surface area contributed by atoms with Crippen molar-refractivity contribution >= 4 is 69.2 Å². The minimum atomic E-state index is -1.33. The number of hydrogen-bond acceptors (Lipinski definition) is 12. The van der Waals surface area contributed by atoms with E-state index in [0.717, 1.165) is 59.6 Å². The average Bonchev–Trinajstić information content (AvgIpc) is 3.92. The molecule has 286 valence electrons. The number of thiazole rings is 1. The van der Waals surface area contributed by atoms with Crippen LogP contribution in [0.2, 0.25) is 0 Å². The molecule has 3 aromatic rings. The van der Waals surface area contributed by atoms with Crippen LogP contribution >= 0.6 is 23.1 Å². The molecule has 1 aliphatic carbocycles. The van der Waals surface area contributed by atoms with Gasteiger partial charge in [-0.1, -0.05) is 5.16 Å². The normalized spacial score (nSPS) is 20.8. The van der Waals surface area contributed by atoms with Crippen LogP contribution in [-0.4, -0.2) is 90.1 Å². The van der Waals surface area contributed by atoms with E-state index in [1.54, 1.807) is 45.4 Å². The fraction of sp³-hybridized carbons (Fsp3) is 0.333. The van der Waals surface area contributed by atoms with E-state index in [1.807, 2.05) is 0 Å². The SMILES string of the molecule is Nc1nc(/C(=N/OC2CCCC2)C(=O)N[C@@H]2C(=O)N3C(C(=O)O)=C(C=C4CCN(Cc5cc[n+](CC(=O)Nc6ccc(O)c(F)c6)cc5)C4=O)CS[C@H]23)cs1. The molecule has 7 rings (SSSR count). The molecular weight excluding hydrogens is 756 g/mol. The van der Waals surface area contributed by atoms with Gasteiger partial charge in [-0.2, -0.15) is 4.57 Å². The molecule has 3 fully saturated rings. The van der Waals surface area contributed by atoms with Gasteiger partial charge in [-0.25, -0.2) is 14.2 Å². The van der Waals surface area contributed by atoms with Crippen LogP contribution < -0.4 is 20.9 Å². The third-order valence-corrected chi connectivity index (χ3v) is 11.5. The van der Waals surface area contributed by atoms with Gasteiger partial charge >= 0.3 is 5.97 Å². The highest BCUT2D eigenvalue weighted by atomic mass is 32.2. The molecule has 2 atom stereocenters. The Hall–Kier alpha value is -5.82. The van der Waals surface area contributed by atoms with Crippen LogP contribution in [0.4, 0.5) is 15.2 Å². The number of likely N-dealkylation sites (tertiary alicyclic amines) is 1. The lowest BCUT2D eigenvalue weighted by Crippen LogP contribution is -2.71. The Morgan fingerprint density at radius 1 is 1.16 bits per heavy atom. The van der Waals surface area contributed by atoms with Crippen LogP contribution in [0.1, 0.15) is 43.4 Å². The zero-order valence-electron chi connectivity index (χ0n) is 29.1. The summed E-state index contributed by atoms with van der Waals surface area (Å²) in [5.41, 5.74) is 7.35. The molecule has 4 aliphatic rings. The fourth-order valence-electron chi connectivity index (χ4n) is 6.72. The van der Waals surface area contributed by atoms with Crippen LogP contribution in [0, 0.1) is 5.82 Å². The van der Waals surface area contributed by atoms with Gasteiger partial charge in [0.2, 0.25) is 12.5 Å². The van der Waals surface area contributed by atoms with Crippen molar-refractivity contribution < 1.29 is 48.0 Å². The second-order valence-electron chi connectivity index (χ2n) is 13.3. The minimum Gasteiger partial charge on any atom is -0.505 e. The highest BCUT2D eigenvalue weighted by Gasteiger charge is 2.54. The Balaban J connectivity index is 0.977. The second-order valence-corrected chi connectivity index (χ2v) is 15.3. The number of allylic oxidation sites excluding steroid dienone is 1. The maximum atomic E-state index is 13.6. The molecule has 2 saturated heterocycles. The van der Waals surface area contributed by atoms with Crippen LogP contribution in [0.5, 0.6) is 5.75 Å². The number of aromatic nitrogens is 2. The van der Waals surface area contributed by atoms with Gasteiger partial charge in [-0.3, -0.25) is 24.1 Å². The molecular formula is C36H36FN8O8S2+. The first-order chi connectivity index (χ1) is 26.4. The molecule has 19 heteroatoms. The number of pyridine rings is 1. The quantitative estimate of drug-likeness (QED) is 0.0447. The average molecular weight is 792 g/mol. The summed E-state index contributed by atoms with van der Waals surface area (Å²) in [6, 6.07) is 6.05. The summed E-state index contributed by atoms with van der Waals surface area (Å²) in [4.78, 5) is 77.8. The molecule has 0 unspecified atom stereocenters. The lowest BCUT2D eigenvalue weighted by atomic mass is 10.0. The number of carboxylic acid groups (broad SMARTS) is 1. The molecule has 5 heterocycles. The highest BCUT2D eigenvalue weighted by Crippen LogP contribution is 2.41. The standard InChI is InChI=1S/C36H35FN8O8S2/c37-24-14-22(5-6-26(24)46)39-27(47)16-43-10-7-19(8-11-43)15-44-12-9-20(32(44)49)13-21-17-54-34-29(33(50)45(34)30(21)35(51)52)41-31(48)28(25-18-55-36(38)40-25)42-53-23-3-1-2-4-23/h5-8,10-11,13-14,18,23,29,34H,1-4,9,12,15-17H2,(H5-,38,39,40,41,42,46,47,48,51,52)/p+1/t29-,34-/m1/s1. The minimum absolute atomic E-state index is 0.0579. The molecule has 55 heavy (non-hydrogen) atoms. The molecule has 0 spiro atoms. The van der Waals surface area contributed by atoms with E-state index < -0.39 is 46.7 Å². The molecule has 1 saturated carbocycles. The van der Waals surface area contributed by atoms with Gasteiger partial charge in [0, 0.05) is 53.7 Å². The number of carbonyl (C=O) groups is 5. The summed E-state index contributed by atoms with van der Waals surface area (Å²) in [6.45, 7) is 0.609. The predicted molar refractivity (Wildman–Crippen MR) is 198 cm³/mol. The number of halogens is 1. The number of anilines is 2. The number of phenolic OH excluding ortho intramolecular Hbond substituents is 1. The van der Waals surface area contributed by atoms with E-state index in [9.17, 15) is 38.6 Å². The summed E-state index contributed by atoms with van der Waals surface area (Å²) in [7, 11) is 0. The Bertz CT molecular complexity index is 2150. The number of rotatable bonds is 12. The van der Waals surface area contributed by atoms with Gasteiger partial charge in [0.1, 0.15) is 28.9 Å². The number of phenols is 1. The van der Waals surface area contributed by atoms with Crippen LogP contribution in [-0.2, 0) is 41.9 Å². The first-order valence-corrected chi connectivity index (χ1v) is 19.3. The topological polar surface area (TPSA) is 221 Å². The van der Waals surface area contributed by atoms with Crippen molar-refractivity contribution in [2.75, 3.05) is 23.3 Å². The summed E-state index contributed by atoms with van der Waals surface area (Å²) in [5, 5.41) is 30.0. The Morgan fingerprint density at radius 3 is 2.62 bits per heavy atom. The summed E-state index contributed by atoms with van der Waals surface area (Å²) in [5.74, 6) is -4.50. The number of nitrogens with one attached hydrogen (secondary N) is 2. The van der Waals surface area contributed by atoms with Crippen molar-refractivity contribution in [3.63, 3.8) is 0 Å². The highest BCUT2D eigenvalue weighted by molar-refractivity contribution is 8.00. The number of fused-ring (bicyclic) bond motifs is 1. The largest absolute Gasteiger partial charge is 0.505 e. The van der Waals surface area contributed by atoms with E-state index in [-0.39, 0.29) is 58.8 Å². The van der Waals surface area contributed by atoms with Crippen molar-refractivity contribution in [1.82, 2.24) is 20.1 Å². The lowest BCUT2D eigenvalue weighted by Gasteiger charge is -2.49. The van der Waals surface area contributed by atoms with Gasteiger partial charge in [0.25, 0.3) is 17.7 Å². The van der Waals surface area contributed by atoms with Crippen molar-refractivity contribution in [2.45, 2.75) is 62.7 Å². The number of carbonyl (C=O) groups excluding carboxylic acids is 4. The lowest BCUT2D eigenvalue weighted by molar-refractivity contribution is -0.684. The van der Waals surface area contributed by atoms with Crippen molar-refractivity contribution in [3.8, 4) is 5.75 Å². The van der Waals surface area contributed by atoms with Crippen molar-refractivity contribution in [3.05, 3.63) is 88.1 Å². The Morgan fingerprint density at radius 2 is 1.93 bits per heavy atom. The molecule has 1 aromatic carbocycles. The van der Waals surface area contributed by atoms with Gasteiger partial charge in [0.15, 0.2) is 34.8 Å². The van der Waals surface area contributed by atoms with Crippen LogP contribution in [0.3, 0.4) is 0 Å². The number of aromatic hydroxyl groups is 1. The number of amides is 4. The van der Waals surface area contributed by atoms with Crippen LogP contribution in [0.25, 0.3) is 0 Å². The number of carboxylic acids is 1. The fourth-order valence-corrected chi connectivity index (χ4v) is 8.57. The number of nitrogens with zero attached hydrogens (tertiary/aromatic N) is 5. The molecule has 6 N–H and O–H groups in total.